The van der Waals surface area contributed by atoms with Crippen LogP contribution in [0.3, 0.4) is 0 Å². The lowest BCUT2D eigenvalue weighted by Crippen LogP contribution is -2.34. The number of nitrogens with zero attached hydrogens (tertiary/aromatic N) is 1. The van der Waals surface area contributed by atoms with E-state index in [9.17, 15) is 13.2 Å². The summed E-state index contributed by atoms with van der Waals surface area (Å²) in [6, 6.07) is -0.0330. The van der Waals surface area contributed by atoms with Crippen molar-refractivity contribution in [3.05, 3.63) is 16.1 Å². The Labute approximate surface area is 108 Å². The highest BCUT2D eigenvalue weighted by Crippen LogP contribution is 2.41. The first-order valence-corrected chi connectivity index (χ1v) is 7.02. The molecule has 0 saturated heterocycles. The standard InChI is InChI=1S/C12H17F3N2S/c1-2-7-3-4-9(16)8(5-7)10-6-17-11(18-10)12(13,14)15/h6-9H,2-5,16H2,1H3. The van der Waals surface area contributed by atoms with Crippen LogP contribution in [0.2, 0.25) is 0 Å². The molecule has 0 amide bonds. The Balaban J connectivity index is 2.17. The van der Waals surface area contributed by atoms with Crippen LogP contribution < -0.4 is 5.73 Å². The third-order valence-electron chi connectivity index (χ3n) is 3.72. The average molecular weight is 278 g/mol. The molecule has 1 aromatic rings. The SMILES string of the molecule is CCC1CCC(N)C(c2cnc(C(F)(F)F)s2)C1. The highest BCUT2D eigenvalue weighted by atomic mass is 32.1. The first-order chi connectivity index (χ1) is 8.41. The van der Waals surface area contributed by atoms with Crippen LogP contribution in [0.5, 0.6) is 0 Å². The molecule has 0 radical (unpaired) electrons. The zero-order valence-corrected chi connectivity index (χ0v) is 11.0. The monoisotopic (exact) mass is 278 g/mol. The lowest BCUT2D eigenvalue weighted by atomic mass is 9.77. The van der Waals surface area contributed by atoms with Crippen molar-refractivity contribution in [3.63, 3.8) is 0 Å². The number of halogens is 3. The molecular formula is C12H17F3N2S. The van der Waals surface area contributed by atoms with Crippen LogP contribution in [0, 0.1) is 5.92 Å². The molecule has 0 aliphatic heterocycles. The lowest BCUT2D eigenvalue weighted by Gasteiger charge is -2.32. The number of alkyl halides is 3. The third kappa shape index (κ3) is 2.85. The molecular weight excluding hydrogens is 261 g/mol. The molecule has 0 bridgehead atoms. The van der Waals surface area contributed by atoms with Crippen LogP contribution in [0.15, 0.2) is 6.20 Å². The van der Waals surface area contributed by atoms with Crippen molar-refractivity contribution < 1.29 is 13.2 Å². The second kappa shape index (κ2) is 5.17. The summed E-state index contributed by atoms with van der Waals surface area (Å²) >= 11 is 0.747. The van der Waals surface area contributed by atoms with Gasteiger partial charge in [0.2, 0.25) is 0 Å². The van der Waals surface area contributed by atoms with E-state index in [0.717, 1.165) is 37.0 Å². The quantitative estimate of drug-likeness (QED) is 0.894. The van der Waals surface area contributed by atoms with Gasteiger partial charge < -0.3 is 5.73 Å². The summed E-state index contributed by atoms with van der Waals surface area (Å²) in [5.41, 5.74) is 6.04. The van der Waals surface area contributed by atoms with E-state index in [1.54, 1.807) is 0 Å². The molecule has 0 spiro atoms. The fourth-order valence-corrected chi connectivity index (χ4v) is 3.54. The first-order valence-electron chi connectivity index (χ1n) is 6.20. The molecule has 1 aromatic heterocycles. The molecule has 6 heteroatoms. The number of aromatic nitrogens is 1. The van der Waals surface area contributed by atoms with Crippen LogP contribution in [-0.4, -0.2) is 11.0 Å². The van der Waals surface area contributed by atoms with Crippen molar-refractivity contribution in [2.75, 3.05) is 0 Å². The highest BCUT2D eigenvalue weighted by Gasteiger charge is 2.37. The smallest absolute Gasteiger partial charge is 0.327 e. The van der Waals surface area contributed by atoms with E-state index < -0.39 is 11.2 Å². The molecule has 1 heterocycles. The maximum absolute atomic E-state index is 12.5. The van der Waals surface area contributed by atoms with E-state index in [1.807, 2.05) is 0 Å². The number of thiazole rings is 1. The summed E-state index contributed by atoms with van der Waals surface area (Å²) in [6.45, 7) is 2.12. The van der Waals surface area contributed by atoms with E-state index in [2.05, 4.69) is 11.9 Å². The summed E-state index contributed by atoms with van der Waals surface area (Å²) in [4.78, 5) is 4.17. The summed E-state index contributed by atoms with van der Waals surface area (Å²) in [6.07, 6.45) is 0.939. The van der Waals surface area contributed by atoms with Gasteiger partial charge in [-0.3, -0.25) is 0 Å². The summed E-state index contributed by atoms with van der Waals surface area (Å²) < 4.78 is 37.6. The Hall–Kier alpha value is -0.620. The zero-order valence-electron chi connectivity index (χ0n) is 10.2. The maximum Gasteiger partial charge on any atom is 0.443 e. The Morgan fingerprint density at radius 1 is 1.44 bits per heavy atom. The minimum Gasteiger partial charge on any atom is -0.327 e. The van der Waals surface area contributed by atoms with Gasteiger partial charge in [-0.1, -0.05) is 13.3 Å². The molecule has 3 unspecified atom stereocenters. The number of rotatable bonds is 2. The van der Waals surface area contributed by atoms with Gasteiger partial charge >= 0.3 is 6.18 Å². The van der Waals surface area contributed by atoms with Crippen molar-refractivity contribution in [3.8, 4) is 0 Å². The minimum atomic E-state index is -4.34. The second-order valence-electron chi connectivity index (χ2n) is 4.92. The molecule has 102 valence electrons. The fraction of sp³-hybridized carbons (Fsp3) is 0.750. The van der Waals surface area contributed by atoms with E-state index in [0.29, 0.717) is 10.8 Å². The zero-order chi connectivity index (χ0) is 13.3. The molecule has 1 aliphatic rings. The van der Waals surface area contributed by atoms with Gasteiger partial charge in [-0.25, -0.2) is 4.98 Å². The molecule has 0 aromatic carbocycles. The van der Waals surface area contributed by atoms with Gasteiger partial charge in [-0.05, 0) is 25.2 Å². The van der Waals surface area contributed by atoms with Gasteiger partial charge in [0.05, 0.1) is 0 Å². The molecule has 18 heavy (non-hydrogen) atoms. The lowest BCUT2D eigenvalue weighted by molar-refractivity contribution is -0.137. The minimum absolute atomic E-state index is 0.0330. The Kier molecular flexibility index (Phi) is 3.96. The predicted molar refractivity (Wildman–Crippen MR) is 65.5 cm³/mol. The molecule has 2 N–H and O–H groups in total. The van der Waals surface area contributed by atoms with Crippen molar-refractivity contribution in [1.29, 1.82) is 0 Å². The Morgan fingerprint density at radius 3 is 2.72 bits per heavy atom. The summed E-state index contributed by atoms with van der Waals surface area (Å²) in [5.74, 6) is 0.614. The highest BCUT2D eigenvalue weighted by molar-refractivity contribution is 7.11. The molecule has 3 atom stereocenters. The molecule has 1 aliphatic carbocycles. The van der Waals surface area contributed by atoms with E-state index in [1.165, 1.54) is 6.20 Å². The van der Waals surface area contributed by atoms with Gasteiger partial charge in [0.15, 0.2) is 5.01 Å². The van der Waals surface area contributed by atoms with Gasteiger partial charge in [-0.15, -0.1) is 11.3 Å². The third-order valence-corrected chi connectivity index (χ3v) is 4.90. The number of nitrogens with two attached hydrogens (primary N) is 1. The van der Waals surface area contributed by atoms with Crippen molar-refractivity contribution >= 4 is 11.3 Å². The van der Waals surface area contributed by atoms with Crippen molar-refractivity contribution in [2.45, 2.75) is 50.7 Å². The summed E-state index contributed by atoms with van der Waals surface area (Å²) in [7, 11) is 0. The van der Waals surface area contributed by atoms with E-state index in [4.69, 9.17) is 5.73 Å². The topological polar surface area (TPSA) is 38.9 Å². The van der Waals surface area contributed by atoms with Gasteiger partial charge in [0.1, 0.15) is 0 Å². The fourth-order valence-electron chi connectivity index (χ4n) is 2.57. The Morgan fingerprint density at radius 2 is 2.17 bits per heavy atom. The summed E-state index contributed by atoms with van der Waals surface area (Å²) in [5, 5.41) is -0.761. The van der Waals surface area contributed by atoms with Crippen molar-refractivity contribution in [1.82, 2.24) is 4.98 Å². The first kappa shape index (κ1) is 13.8. The predicted octanol–water partition coefficient (Wildman–Crippen LogP) is 3.78. The molecule has 1 saturated carbocycles. The van der Waals surface area contributed by atoms with E-state index in [-0.39, 0.29) is 12.0 Å². The van der Waals surface area contributed by atoms with Crippen LogP contribution >= 0.6 is 11.3 Å². The molecule has 2 nitrogen and oxygen atoms in total. The van der Waals surface area contributed by atoms with Crippen LogP contribution in [0.25, 0.3) is 0 Å². The largest absolute Gasteiger partial charge is 0.443 e. The van der Waals surface area contributed by atoms with Gasteiger partial charge in [0, 0.05) is 23.0 Å². The van der Waals surface area contributed by atoms with E-state index >= 15 is 0 Å². The van der Waals surface area contributed by atoms with Crippen molar-refractivity contribution in [2.24, 2.45) is 11.7 Å². The molecule has 2 rings (SSSR count). The molecule has 1 fully saturated rings. The van der Waals surface area contributed by atoms with Crippen LogP contribution in [0.1, 0.15) is 48.4 Å². The van der Waals surface area contributed by atoms with Gasteiger partial charge in [0.25, 0.3) is 0 Å². The number of hydrogen-bond donors (Lipinski definition) is 1. The average Bonchev–Trinajstić information content (AvgIpc) is 2.78. The normalized spacial score (nSPS) is 29.5. The second-order valence-corrected chi connectivity index (χ2v) is 5.99. The number of hydrogen-bond acceptors (Lipinski definition) is 3. The maximum atomic E-state index is 12.5. The van der Waals surface area contributed by atoms with Gasteiger partial charge in [-0.2, -0.15) is 13.2 Å². The Bertz CT molecular complexity index is 402. The van der Waals surface area contributed by atoms with Crippen LogP contribution in [-0.2, 0) is 6.18 Å². The van der Waals surface area contributed by atoms with Crippen LogP contribution in [0.4, 0.5) is 13.2 Å².